The zero-order chi connectivity index (χ0) is 9.42. The third-order valence-electron chi connectivity index (χ3n) is 2.06. The zero-order valence-corrected chi connectivity index (χ0v) is 8.99. The normalized spacial score (nSPS) is 20.7. The van der Waals surface area contributed by atoms with E-state index >= 15 is 0 Å². The van der Waals surface area contributed by atoms with Gasteiger partial charge in [-0.1, -0.05) is 11.6 Å². The molecule has 0 saturated heterocycles. The van der Waals surface area contributed by atoms with Gasteiger partial charge < -0.3 is 5.32 Å². The fourth-order valence-corrected chi connectivity index (χ4v) is 2.30. The Labute approximate surface area is 86.1 Å². The van der Waals surface area contributed by atoms with Crippen molar-refractivity contribution in [3.05, 3.63) is 28.0 Å². The molecule has 70 valence electrons. The van der Waals surface area contributed by atoms with E-state index in [1.807, 2.05) is 25.6 Å². The molecule has 2 heterocycles. The SMILES string of the molecule is Cc1c(Cl)c(C2NC=CS2)nn1C. The Morgan fingerprint density at radius 2 is 2.46 bits per heavy atom. The Balaban J connectivity index is 2.35. The second-order valence-corrected chi connectivity index (χ2v) is 4.29. The number of thioether (sulfide) groups is 1. The molecule has 0 bridgehead atoms. The fourth-order valence-electron chi connectivity index (χ4n) is 1.20. The molecule has 3 nitrogen and oxygen atoms in total. The van der Waals surface area contributed by atoms with Gasteiger partial charge in [-0.2, -0.15) is 5.10 Å². The molecule has 0 radical (unpaired) electrons. The maximum Gasteiger partial charge on any atom is 0.122 e. The van der Waals surface area contributed by atoms with Crippen molar-refractivity contribution >= 4 is 23.4 Å². The highest BCUT2D eigenvalue weighted by Crippen LogP contribution is 2.35. The number of hydrogen-bond acceptors (Lipinski definition) is 3. The highest BCUT2D eigenvalue weighted by molar-refractivity contribution is 8.02. The molecule has 0 saturated carbocycles. The van der Waals surface area contributed by atoms with Crippen molar-refractivity contribution < 1.29 is 0 Å². The lowest BCUT2D eigenvalue weighted by Gasteiger charge is -2.06. The Bertz CT molecular complexity index is 351. The minimum absolute atomic E-state index is 0.174. The molecule has 1 aliphatic heterocycles. The highest BCUT2D eigenvalue weighted by Gasteiger charge is 2.21. The first-order valence-corrected chi connectivity index (χ1v) is 5.27. The lowest BCUT2D eigenvalue weighted by molar-refractivity contribution is 0.704. The number of rotatable bonds is 1. The lowest BCUT2D eigenvalue weighted by atomic mass is 10.3. The van der Waals surface area contributed by atoms with E-state index in [4.69, 9.17) is 11.6 Å². The molecule has 0 fully saturated rings. The average molecular weight is 216 g/mol. The van der Waals surface area contributed by atoms with Crippen molar-refractivity contribution in [3.63, 3.8) is 0 Å². The van der Waals surface area contributed by atoms with Gasteiger partial charge in [0, 0.05) is 13.2 Å². The van der Waals surface area contributed by atoms with Crippen molar-refractivity contribution in [2.24, 2.45) is 7.05 Å². The maximum atomic E-state index is 6.13. The summed E-state index contributed by atoms with van der Waals surface area (Å²) in [4.78, 5) is 0. The van der Waals surface area contributed by atoms with Crippen LogP contribution in [0.5, 0.6) is 0 Å². The van der Waals surface area contributed by atoms with Gasteiger partial charge in [0.05, 0.1) is 10.7 Å². The van der Waals surface area contributed by atoms with Crippen molar-refractivity contribution in [2.45, 2.75) is 12.3 Å². The largest absolute Gasteiger partial charge is 0.373 e. The molecule has 1 aromatic rings. The molecule has 0 aromatic carbocycles. The van der Waals surface area contributed by atoms with Crippen LogP contribution < -0.4 is 5.32 Å². The quantitative estimate of drug-likeness (QED) is 0.779. The first-order valence-electron chi connectivity index (χ1n) is 3.95. The monoisotopic (exact) mass is 215 g/mol. The summed E-state index contributed by atoms with van der Waals surface area (Å²) < 4.78 is 1.80. The van der Waals surface area contributed by atoms with Gasteiger partial charge in [0.2, 0.25) is 0 Å². The van der Waals surface area contributed by atoms with E-state index < -0.39 is 0 Å². The summed E-state index contributed by atoms with van der Waals surface area (Å²) in [6.07, 6.45) is 1.91. The van der Waals surface area contributed by atoms with Crippen LogP contribution in [-0.2, 0) is 7.05 Å². The summed E-state index contributed by atoms with van der Waals surface area (Å²) in [5.74, 6) is 0. The topological polar surface area (TPSA) is 29.9 Å². The van der Waals surface area contributed by atoms with E-state index in [-0.39, 0.29) is 5.37 Å². The summed E-state index contributed by atoms with van der Waals surface area (Å²) in [5.41, 5.74) is 1.92. The van der Waals surface area contributed by atoms with Gasteiger partial charge >= 0.3 is 0 Å². The first-order chi connectivity index (χ1) is 6.20. The molecule has 1 aromatic heterocycles. The van der Waals surface area contributed by atoms with Crippen molar-refractivity contribution in [2.75, 3.05) is 0 Å². The van der Waals surface area contributed by atoms with E-state index in [1.54, 1.807) is 16.4 Å². The number of nitrogens with zero attached hydrogens (tertiary/aromatic N) is 2. The molecule has 1 unspecified atom stereocenters. The maximum absolute atomic E-state index is 6.13. The molecule has 0 amide bonds. The van der Waals surface area contributed by atoms with Gasteiger partial charge in [0.1, 0.15) is 11.1 Å². The number of halogens is 1. The minimum Gasteiger partial charge on any atom is -0.373 e. The fraction of sp³-hybridized carbons (Fsp3) is 0.375. The number of nitrogens with one attached hydrogen (secondary N) is 1. The summed E-state index contributed by atoms with van der Waals surface area (Å²) in [5, 5.41) is 10.5. The van der Waals surface area contributed by atoms with Crippen LogP contribution in [-0.4, -0.2) is 9.78 Å². The highest BCUT2D eigenvalue weighted by atomic mass is 35.5. The van der Waals surface area contributed by atoms with Crippen molar-refractivity contribution in [1.82, 2.24) is 15.1 Å². The van der Waals surface area contributed by atoms with E-state index in [2.05, 4.69) is 10.4 Å². The Hall–Kier alpha value is -0.610. The van der Waals surface area contributed by atoms with Crippen molar-refractivity contribution in [3.8, 4) is 0 Å². The second-order valence-electron chi connectivity index (χ2n) is 2.89. The van der Waals surface area contributed by atoms with E-state index in [0.717, 1.165) is 16.4 Å². The lowest BCUT2D eigenvalue weighted by Crippen LogP contribution is -2.08. The van der Waals surface area contributed by atoms with Crippen LogP contribution in [0.25, 0.3) is 0 Å². The van der Waals surface area contributed by atoms with E-state index in [1.165, 1.54) is 0 Å². The molecular weight excluding hydrogens is 206 g/mol. The molecular formula is C8H10ClN3S. The predicted octanol–water partition coefficient (Wildman–Crippen LogP) is 2.19. The van der Waals surface area contributed by atoms with Gasteiger partial charge in [0.15, 0.2) is 0 Å². The van der Waals surface area contributed by atoms with Crippen LogP contribution >= 0.6 is 23.4 Å². The van der Waals surface area contributed by atoms with Gasteiger partial charge in [-0.05, 0) is 12.3 Å². The van der Waals surface area contributed by atoms with Gasteiger partial charge in [-0.3, -0.25) is 4.68 Å². The molecule has 2 rings (SSSR count). The van der Waals surface area contributed by atoms with Crippen LogP contribution in [0.2, 0.25) is 5.02 Å². The van der Waals surface area contributed by atoms with Crippen LogP contribution in [0.15, 0.2) is 11.6 Å². The Morgan fingerprint density at radius 1 is 1.69 bits per heavy atom. The molecule has 1 N–H and O–H groups in total. The predicted molar refractivity (Wildman–Crippen MR) is 55.6 cm³/mol. The third-order valence-corrected chi connectivity index (χ3v) is 3.46. The second kappa shape index (κ2) is 3.27. The molecule has 0 spiro atoms. The van der Waals surface area contributed by atoms with Crippen LogP contribution in [0.3, 0.4) is 0 Å². The van der Waals surface area contributed by atoms with E-state index in [0.29, 0.717) is 0 Å². The number of aryl methyl sites for hydroxylation is 1. The number of hydrogen-bond donors (Lipinski definition) is 1. The molecule has 5 heteroatoms. The average Bonchev–Trinajstić information content (AvgIpc) is 2.70. The smallest absolute Gasteiger partial charge is 0.122 e. The van der Waals surface area contributed by atoms with Crippen LogP contribution in [0.4, 0.5) is 0 Å². The summed E-state index contributed by atoms with van der Waals surface area (Å²) in [7, 11) is 1.90. The van der Waals surface area contributed by atoms with Gasteiger partial charge in [0.25, 0.3) is 0 Å². The van der Waals surface area contributed by atoms with Crippen LogP contribution in [0.1, 0.15) is 16.8 Å². The minimum atomic E-state index is 0.174. The van der Waals surface area contributed by atoms with Crippen molar-refractivity contribution in [1.29, 1.82) is 0 Å². The molecule has 0 aliphatic carbocycles. The van der Waals surface area contributed by atoms with E-state index in [9.17, 15) is 0 Å². The third kappa shape index (κ3) is 1.44. The molecule has 1 atom stereocenters. The van der Waals surface area contributed by atoms with Gasteiger partial charge in [-0.25, -0.2) is 0 Å². The molecule has 13 heavy (non-hydrogen) atoms. The first kappa shape index (κ1) is 8.97. The number of aromatic nitrogens is 2. The summed E-state index contributed by atoms with van der Waals surface area (Å²) in [6.45, 7) is 1.96. The van der Waals surface area contributed by atoms with Crippen LogP contribution in [0, 0.1) is 6.92 Å². The van der Waals surface area contributed by atoms with Gasteiger partial charge in [-0.15, -0.1) is 11.8 Å². The Morgan fingerprint density at radius 3 is 2.92 bits per heavy atom. The molecule has 1 aliphatic rings. The zero-order valence-electron chi connectivity index (χ0n) is 7.41. The Kier molecular flexibility index (Phi) is 2.26. The summed E-state index contributed by atoms with van der Waals surface area (Å²) >= 11 is 7.81. The standard InChI is InChI=1S/C8H10ClN3S/c1-5-6(9)7(11-12(5)2)8-10-3-4-13-8/h3-4,8,10H,1-2H3. The summed E-state index contributed by atoms with van der Waals surface area (Å²) in [6, 6.07) is 0.